The highest BCUT2D eigenvalue weighted by Gasteiger charge is 2.49. The van der Waals surface area contributed by atoms with E-state index in [4.69, 9.17) is 5.11 Å². The summed E-state index contributed by atoms with van der Waals surface area (Å²) in [5, 5.41) is 28.0. The fraction of sp³-hybridized carbons (Fsp3) is 0.778. The van der Waals surface area contributed by atoms with Gasteiger partial charge in [-0.2, -0.15) is 0 Å². The van der Waals surface area contributed by atoms with Crippen LogP contribution in [0.4, 0.5) is 0 Å². The summed E-state index contributed by atoms with van der Waals surface area (Å²) in [6, 6.07) is 0. The minimum Gasteiger partial charge on any atom is -0.396 e. The van der Waals surface area contributed by atoms with Gasteiger partial charge < -0.3 is 15.3 Å². The van der Waals surface area contributed by atoms with Crippen LogP contribution in [-0.4, -0.2) is 34.1 Å². The number of hydrogen-bond acceptors (Lipinski definition) is 3. The van der Waals surface area contributed by atoms with Crippen molar-refractivity contribution in [3.8, 4) is 0 Å². The summed E-state index contributed by atoms with van der Waals surface area (Å²) >= 11 is 0. The third-order valence-corrected chi connectivity index (χ3v) is 2.95. The third-order valence-electron chi connectivity index (χ3n) is 2.95. The predicted molar refractivity (Wildman–Crippen MR) is 45.5 cm³/mol. The topological polar surface area (TPSA) is 60.7 Å². The number of hydrogen-bond donors (Lipinski definition) is 3. The summed E-state index contributed by atoms with van der Waals surface area (Å²) in [7, 11) is 0. The largest absolute Gasteiger partial charge is 0.396 e. The molecule has 3 heteroatoms. The van der Waals surface area contributed by atoms with E-state index >= 15 is 0 Å². The van der Waals surface area contributed by atoms with Crippen LogP contribution >= 0.6 is 0 Å². The van der Waals surface area contributed by atoms with Crippen LogP contribution in [0, 0.1) is 11.3 Å². The summed E-state index contributed by atoms with van der Waals surface area (Å²) in [5.41, 5.74) is 0.234. The molecule has 0 spiro atoms. The smallest absolute Gasteiger partial charge is 0.0894 e. The van der Waals surface area contributed by atoms with E-state index in [1.165, 1.54) is 0 Å². The normalized spacial score (nSPS) is 40.4. The summed E-state index contributed by atoms with van der Waals surface area (Å²) in [6.07, 6.45) is -1.69. The van der Waals surface area contributed by atoms with Crippen molar-refractivity contribution in [3.05, 3.63) is 12.2 Å². The summed E-state index contributed by atoms with van der Waals surface area (Å²) < 4.78 is 0. The highest BCUT2D eigenvalue weighted by atomic mass is 16.3. The Bertz CT molecular complexity index is 198. The highest BCUT2D eigenvalue weighted by Crippen LogP contribution is 2.44. The van der Waals surface area contributed by atoms with Gasteiger partial charge in [-0.3, -0.25) is 0 Å². The molecule has 70 valence electrons. The van der Waals surface area contributed by atoms with Crippen molar-refractivity contribution in [1.29, 1.82) is 0 Å². The molecule has 0 saturated heterocycles. The van der Waals surface area contributed by atoms with Crippen LogP contribution in [0.1, 0.15) is 13.8 Å². The van der Waals surface area contributed by atoms with Crippen LogP contribution in [0.25, 0.3) is 0 Å². The fourth-order valence-corrected chi connectivity index (χ4v) is 1.74. The first-order chi connectivity index (χ1) is 5.42. The second kappa shape index (κ2) is 2.83. The maximum atomic E-state index is 9.58. The molecule has 3 atom stereocenters. The Morgan fingerprint density at radius 2 is 1.92 bits per heavy atom. The van der Waals surface area contributed by atoms with Gasteiger partial charge in [-0.15, -0.1) is 0 Å². The Morgan fingerprint density at radius 3 is 2.08 bits per heavy atom. The van der Waals surface area contributed by atoms with Gasteiger partial charge in [0.2, 0.25) is 0 Å². The second-order valence-electron chi connectivity index (χ2n) is 3.97. The maximum Gasteiger partial charge on any atom is 0.0894 e. The van der Waals surface area contributed by atoms with Gasteiger partial charge in [0.15, 0.2) is 0 Å². The first kappa shape index (κ1) is 9.71. The fourth-order valence-electron chi connectivity index (χ4n) is 1.74. The van der Waals surface area contributed by atoms with Gasteiger partial charge in [-0.05, 0) is 0 Å². The maximum absolute atomic E-state index is 9.58. The standard InChI is InChI=1S/C9H16O3/c1-5-6(4-10)7(11)8(12)9(5,2)3/h6-8,10-12H,1,4H2,2-3H3. The number of aliphatic hydroxyl groups is 3. The SMILES string of the molecule is C=C1C(CO)C(O)C(O)C1(C)C. The summed E-state index contributed by atoms with van der Waals surface area (Å²) in [6.45, 7) is 7.26. The third kappa shape index (κ3) is 1.09. The molecular weight excluding hydrogens is 156 g/mol. The van der Waals surface area contributed by atoms with E-state index in [-0.39, 0.29) is 12.5 Å². The number of rotatable bonds is 1. The molecule has 0 aromatic carbocycles. The van der Waals surface area contributed by atoms with Gasteiger partial charge in [0.1, 0.15) is 0 Å². The lowest BCUT2D eigenvalue weighted by atomic mass is 9.84. The Labute approximate surface area is 72.3 Å². The van der Waals surface area contributed by atoms with Crippen LogP contribution in [0.3, 0.4) is 0 Å². The van der Waals surface area contributed by atoms with Gasteiger partial charge in [-0.25, -0.2) is 0 Å². The molecule has 1 fully saturated rings. The van der Waals surface area contributed by atoms with Crippen LogP contribution in [0.15, 0.2) is 12.2 Å². The van der Waals surface area contributed by atoms with Crippen molar-refractivity contribution in [2.45, 2.75) is 26.1 Å². The summed E-state index contributed by atoms with van der Waals surface area (Å²) in [4.78, 5) is 0. The monoisotopic (exact) mass is 172 g/mol. The molecule has 1 aliphatic carbocycles. The van der Waals surface area contributed by atoms with E-state index < -0.39 is 17.6 Å². The Kier molecular flexibility index (Phi) is 2.29. The Balaban J connectivity index is 2.94. The van der Waals surface area contributed by atoms with Gasteiger partial charge >= 0.3 is 0 Å². The van der Waals surface area contributed by atoms with Crippen molar-refractivity contribution >= 4 is 0 Å². The molecule has 0 aromatic rings. The molecule has 3 nitrogen and oxygen atoms in total. The highest BCUT2D eigenvalue weighted by molar-refractivity contribution is 5.23. The molecular formula is C9H16O3. The molecule has 3 N–H and O–H groups in total. The molecule has 1 saturated carbocycles. The van der Waals surface area contributed by atoms with E-state index in [9.17, 15) is 10.2 Å². The van der Waals surface area contributed by atoms with E-state index in [0.717, 1.165) is 5.57 Å². The van der Waals surface area contributed by atoms with Crippen LogP contribution in [0.5, 0.6) is 0 Å². The quantitative estimate of drug-likeness (QED) is 0.484. The lowest BCUT2D eigenvalue weighted by molar-refractivity contribution is -0.0230. The minimum absolute atomic E-state index is 0.152. The molecule has 0 bridgehead atoms. The first-order valence-electron chi connectivity index (χ1n) is 4.09. The zero-order valence-corrected chi connectivity index (χ0v) is 7.49. The van der Waals surface area contributed by atoms with Crippen molar-refractivity contribution in [1.82, 2.24) is 0 Å². The lowest BCUT2D eigenvalue weighted by Gasteiger charge is -2.24. The van der Waals surface area contributed by atoms with Gasteiger partial charge in [0.05, 0.1) is 18.8 Å². The molecule has 0 heterocycles. The zero-order chi connectivity index (χ0) is 9.52. The van der Waals surface area contributed by atoms with Crippen LogP contribution in [-0.2, 0) is 0 Å². The van der Waals surface area contributed by atoms with E-state index in [0.29, 0.717) is 0 Å². The average molecular weight is 172 g/mol. The molecule has 12 heavy (non-hydrogen) atoms. The lowest BCUT2D eigenvalue weighted by Crippen LogP contribution is -2.32. The molecule has 0 aliphatic heterocycles. The molecule has 0 amide bonds. The Morgan fingerprint density at radius 1 is 1.42 bits per heavy atom. The van der Waals surface area contributed by atoms with Crippen LogP contribution in [0.2, 0.25) is 0 Å². The van der Waals surface area contributed by atoms with Crippen LogP contribution < -0.4 is 0 Å². The van der Waals surface area contributed by atoms with E-state index in [1.54, 1.807) is 0 Å². The van der Waals surface area contributed by atoms with Gasteiger partial charge in [0, 0.05) is 11.3 Å². The van der Waals surface area contributed by atoms with E-state index in [1.807, 2.05) is 13.8 Å². The Hall–Kier alpha value is -0.380. The zero-order valence-electron chi connectivity index (χ0n) is 7.49. The molecule has 1 aliphatic rings. The van der Waals surface area contributed by atoms with Crippen molar-refractivity contribution in [2.75, 3.05) is 6.61 Å². The molecule has 3 unspecified atom stereocenters. The van der Waals surface area contributed by atoms with E-state index in [2.05, 4.69) is 6.58 Å². The molecule has 1 rings (SSSR count). The van der Waals surface area contributed by atoms with Crippen molar-refractivity contribution in [2.24, 2.45) is 11.3 Å². The summed E-state index contributed by atoms with van der Waals surface area (Å²) in [5.74, 6) is -0.380. The second-order valence-corrected chi connectivity index (χ2v) is 3.97. The molecule has 0 radical (unpaired) electrons. The van der Waals surface area contributed by atoms with Crippen molar-refractivity contribution in [3.63, 3.8) is 0 Å². The van der Waals surface area contributed by atoms with Gasteiger partial charge in [-0.1, -0.05) is 26.0 Å². The van der Waals surface area contributed by atoms with Gasteiger partial charge in [0.25, 0.3) is 0 Å². The first-order valence-corrected chi connectivity index (χ1v) is 4.09. The molecule has 0 aromatic heterocycles. The number of aliphatic hydroxyl groups excluding tert-OH is 3. The van der Waals surface area contributed by atoms with Crippen molar-refractivity contribution < 1.29 is 15.3 Å². The predicted octanol–water partition coefficient (Wildman–Crippen LogP) is -0.0873. The minimum atomic E-state index is -0.877. The average Bonchev–Trinajstić information content (AvgIpc) is 2.15.